The van der Waals surface area contributed by atoms with Crippen LogP contribution in [-0.2, 0) is 0 Å². The first-order chi connectivity index (χ1) is 5.88. The standard InChI is InChI=1S/C10H8NSi/c1-2-9(8-11-12)10-6-4-3-5-7-10/h2-7H,1H2. The van der Waals surface area contributed by atoms with E-state index < -0.39 is 0 Å². The summed E-state index contributed by atoms with van der Waals surface area (Å²) in [6.45, 7) is 3.67. The third kappa shape index (κ3) is 2.05. The van der Waals surface area contributed by atoms with Gasteiger partial charge >= 0.3 is 0 Å². The third-order valence-electron chi connectivity index (χ3n) is 1.47. The van der Waals surface area contributed by atoms with Crippen molar-refractivity contribution < 1.29 is 0 Å². The highest BCUT2D eigenvalue weighted by molar-refractivity contribution is 6.12. The van der Waals surface area contributed by atoms with Gasteiger partial charge in [-0.1, -0.05) is 43.0 Å². The van der Waals surface area contributed by atoms with Gasteiger partial charge in [0, 0.05) is 5.57 Å². The third-order valence-corrected chi connectivity index (χ3v) is 1.58. The second-order valence-corrected chi connectivity index (χ2v) is 2.43. The molecule has 1 rings (SSSR count). The Bertz CT molecular complexity index is 321. The molecule has 0 amide bonds. The molecule has 1 aromatic rings. The van der Waals surface area contributed by atoms with Gasteiger partial charge in [0.05, 0.1) is 0 Å². The van der Waals surface area contributed by atoms with E-state index in [0.29, 0.717) is 0 Å². The van der Waals surface area contributed by atoms with Crippen LogP contribution in [0.15, 0.2) is 47.6 Å². The van der Waals surface area contributed by atoms with E-state index in [0.717, 1.165) is 11.1 Å². The van der Waals surface area contributed by atoms with E-state index in [1.54, 1.807) is 6.08 Å². The van der Waals surface area contributed by atoms with Gasteiger partial charge in [-0.3, -0.25) is 4.66 Å². The lowest BCUT2D eigenvalue weighted by Gasteiger charge is -1.95. The molecular weight excluding hydrogens is 162 g/mol. The molecule has 0 aliphatic rings. The normalized spacial score (nSPS) is 8.42. The molecule has 0 N–H and O–H groups in total. The van der Waals surface area contributed by atoms with Crippen molar-refractivity contribution in [2.75, 3.05) is 0 Å². The Kier molecular flexibility index (Phi) is 3.27. The molecule has 0 fully saturated rings. The van der Waals surface area contributed by atoms with E-state index in [4.69, 9.17) is 0 Å². The molecule has 12 heavy (non-hydrogen) atoms. The Balaban J connectivity index is 3.13. The number of allylic oxidation sites excluding steroid dienone is 2. The molecule has 0 aliphatic heterocycles. The minimum atomic E-state index is 0.880. The molecule has 2 heteroatoms. The van der Waals surface area contributed by atoms with Crippen LogP contribution in [0.2, 0.25) is 0 Å². The van der Waals surface area contributed by atoms with Crippen LogP contribution < -0.4 is 0 Å². The number of rotatable bonds is 2. The SMILES string of the molecule is C=CC(=C=N[Si])c1ccccc1. The molecule has 57 valence electrons. The minimum absolute atomic E-state index is 0.880. The van der Waals surface area contributed by atoms with Gasteiger partial charge in [0.25, 0.3) is 0 Å². The zero-order valence-electron chi connectivity index (χ0n) is 6.62. The van der Waals surface area contributed by atoms with Crippen LogP contribution in [0.1, 0.15) is 5.56 Å². The van der Waals surface area contributed by atoms with Crippen molar-refractivity contribution in [3.8, 4) is 0 Å². The van der Waals surface area contributed by atoms with Crippen molar-refractivity contribution in [2.24, 2.45) is 4.66 Å². The first-order valence-corrected chi connectivity index (χ1v) is 4.00. The topological polar surface area (TPSA) is 12.4 Å². The van der Waals surface area contributed by atoms with Crippen molar-refractivity contribution in [3.05, 3.63) is 48.6 Å². The van der Waals surface area contributed by atoms with Gasteiger partial charge < -0.3 is 0 Å². The lowest BCUT2D eigenvalue weighted by atomic mass is 10.1. The fraction of sp³-hybridized carbons (Fsp3) is 0. The lowest BCUT2D eigenvalue weighted by molar-refractivity contribution is 1.64. The first kappa shape index (κ1) is 8.72. The van der Waals surface area contributed by atoms with E-state index >= 15 is 0 Å². The van der Waals surface area contributed by atoms with Crippen LogP contribution in [0, 0.1) is 0 Å². The molecule has 0 unspecified atom stereocenters. The summed E-state index contributed by atoms with van der Waals surface area (Å²) >= 11 is 0. The molecule has 0 saturated heterocycles. The maximum absolute atomic E-state index is 3.67. The van der Waals surface area contributed by atoms with Crippen molar-refractivity contribution in [1.29, 1.82) is 0 Å². The zero-order valence-corrected chi connectivity index (χ0v) is 7.62. The van der Waals surface area contributed by atoms with Crippen LogP contribution in [0.4, 0.5) is 0 Å². The van der Waals surface area contributed by atoms with Crippen LogP contribution >= 0.6 is 0 Å². The number of hydrogen-bond donors (Lipinski definition) is 0. The van der Waals surface area contributed by atoms with Crippen LogP contribution in [0.3, 0.4) is 0 Å². The molecule has 0 atom stereocenters. The molecule has 1 aromatic carbocycles. The Morgan fingerprint density at radius 2 is 2.08 bits per heavy atom. The highest BCUT2D eigenvalue weighted by atomic mass is 28.2. The van der Waals surface area contributed by atoms with Gasteiger partial charge in [-0.2, -0.15) is 0 Å². The predicted molar refractivity (Wildman–Crippen MR) is 53.2 cm³/mol. The van der Waals surface area contributed by atoms with E-state index in [1.165, 1.54) is 0 Å². The maximum Gasteiger partial charge on any atom is 0.236 e. The van der Waals surface area contributed by atoms with Crippen molar-refractivity contribution in [1.82, 2.24) is 0 Å². The van der Waals surface area contributed by atoms with Crippen LogP contribution in [0.25, 0.3) is 5.57 Å². The largest absolute Gasteiger partial charge is 0.287 e. The maximum atomic E-state index is 3.67. The molecule has 0 bridgehead atoms. The molecule has 0 aliphatic carbocycles. The van der Waals surface area contributed by atoms with Gasteiger partial charge in [-0.25, -0.2) is 0 Å². The van der Waals surface area contributed by atoms with Gasteiger partial charge in [0.15, 0.2) is 0 Å². The van der Waals surface area contributed by atoms with Gasteiger partial charge in [0.2, 0.25) is 10.4 Å². The van der Waals surface area contributed by atoms with E-state index in [1.807, 2.05) is 30.3 Å². The smallest absolute Gasteiger partial charge is 0.236 e. The summed E-state index contributed by atoms with van der Waals surface area (Å²) in [5.41, 5.74) is 1.94. The average Bonchev–Trinajstić information content (AvgIpc) is 2.15. The van der Waals surface area contributed by atoms with E-state index in [-0.39, 0.29) is 0 Å². The summed E-state index contributed by atoms with van der Waals surface area (Å²) in [6.07, 6.45) is 1.72. The van der Waals surface area contributed by atoms with Crippen molar-refractivity contribution >= 4 is 21.8 Å². The summed E-state index contributed by atoms with van der Waals surface area (Å²) in [7, 11) is 2.98. The molecule has 0 saturated carbocycles. The highest BCUT2D eigenvalue weighted by Crippen LogP contribution is 2.10. The second-order valence-electron chi connectivity index (χ2n) is 2.21. The molecule has 0 heterocycles. The first-order valence-electron chi connectivity index (χ1n) is 3.55. The van der Waals surface area contributed by atoms with Crippen LogP contribution in [0.5, 0.6) is 0 Å². The van der Waals surface area contributed by atoms with E-state index in [2.05, 4.69) is 27.5 Å². The van der Waals surface area contributed by atoms with Gasteiger partial charge in [-0.15, -0.1) is 0 Å². The highest BCUT2D eigenvalue weighted by Gasteiger charge is 1.92. The summed E-state index contributed by atoms with van der Waals surface area (Å²) in [6, 6.07) is 9.88. The second kappa shape index (κ2) is 4.49. The average molecular weight is 170 g/mol. The van der Waals surface area contributed by atoms with Gasteiger partial charge in [0.1, 0.15) is 0 Å². The van der Waals surface area contributed by atoms with Gasteiger partial charge in [-0.05, 0) is 11.4 Å². The molecular formula is C10H8NSi. The summed E-state index contributed by atoms with van der Waals surface area (Å²) in [4.78, 5) is 0. The quantitative estimate of drug-likeness (QED) is 0.366. The molecule has 1 nitrogen and oxygen atoms in total. The predicted octanol–water partition coefficient (Wildman–Crippen LogP) is 2.01. The number of hydrogen-bond acceptors (Lipinski definition) is 1. The number of nitrogens with zero attached hydrogens (tertiary/aromatic N) is 1. The molecule has 3 radical (unpaired) electrons. The monoisotopic (exact) mass is 170 g/mol. The molecule has 0 aromatic heterocycles. The number of benzene rings is 1. The Labute approximate surface area is 75.7 Å². The Morgan fingerprint density at radius 1 is 1.42 bits per heavy atom. The summed E-state index contributed by atoms with van der Waals surface area (Å²) in [5.74, 6) is 2.79. The fourth-order valence-corrected chi connectivity index (χ4v) is 1.03. The fourth-order valence-electron chi connectivity index (χ4n) is 0.906. The Morgan fingerprint density at radius 3 is 2.58 bits per heavy atom. The van der Waals surface area contributed by atoms with Crippen molar-refractivity contribution in [3.63, 3.8) is 0 Å². The van der Waals surface area contributed by atoms with E-state index in [9.17, 15) is 0 Å². The van der Waals surface area contributed by atoms with Crippen LogP contribution in [-0.4, -0.2) is 16.3 Å². The summed E-state index contributed by atoms with van der Waals surface area (Å²) in [5, 5.41) is 0. The Hall–Kier alpha value is -1.37. The minimum Gasteiger partial charge on any atom is -0.287 e. The zero-order chi connectivity index (χ0) is 8.81. The summed E-state index contributed by atoms with van der Waals surface area (Å²) < 4.78 is 3.63. The molecule has 0 spiro atoms. The van der Waals surface area contributed by atoms with Crippen molar-refractivity contribution in [2.45, 2.75) is 0 Å². The lowest BCUT2D eigenvalue weighted by Crippen LogP contribution is -1.79.